The summed E-state index contributed by atoms with van der Waals surface area (Å²) >= 11 is 6.05. The predicted octanol–water partition coefficient (Wildman–Crippen LogP) is 5.34. The maximum absolute atomic E-state index is 14.6. The lowest BCUT2D eigenvalue weighted by molar-refractivity contribution is -0.138. The zero-order valence-electron chi connectivity index (χ0n) is 23.6. The summed E-state index contributed by atoms with van der Waals surface area (Å²) in [6.07, 6.45) is 0.901. The van der Waals surface area contributed by atoms with Gasteiger partial charge >= 0.3 is 6.09 Å². The summed E-state index contributed by atoms with van der Waals surface area (Å²) in [5, 5.41) is 12.6. The third-order valence-corrected chi connectivity index (χ3v) is 10.3. The summed E-state index contributed by atoms with van der Waals surface area (Å²) in [5.41, 5.74) is -0.277. The van der Waals surface area contributed by atoms with Crippen molar-refractivity contribution in [2.45, 2.75) is 25.7 Å². The number of fused-ring (bicyclic) bond motifs is 5. The van der Waals surface area contributed by atoms with Crippen LogP contribution in [-0.2, 0) is 23.9 Å². The summed E-state index contributed by atoms with van der Waals surface area (Å²) in [4.78, 5) is 69.8. The molecular formula is C33H26ClFN2O7. The van der Waals surface area contributed by atoms with Crippen molar-refractivity contribution in [1.82, 2.24) is 4.90 Å². The second-order valence-electron chi connectivity index (χ2n) is 12.0. The standard InChI is InChI=1S/C33H26ClFN2O7/c1-33-21(29(40)36(31(33)42)16-8-11-23(35)22(34)13-16)14-20-18(9-10-19-25(20)30(41)37(28(19)39)32(43)44-2)27(33)26-17-6-4-3-5-15(17)7-12-24(26)38/h3-9,11-13,19-21,25,27,38H,10,14H2,1-2H3. The second-order valence-corrected chi connectivity index (χ2v) is 12.4. The molecule has 0 aromatic heterocycles. The van der Waals surface area contributed by atoms with Crippen LogP contribution in [0, 0.1) is 34.9 Å². The van der Waals surface area contributed by atoms with Crippen LogP contribution in [0.3, 0.4) is 0 Å². The third kappa shape index (κ3) is 3.60. The molecule has 2 aliphatic carbocycles. The van der Waals surface area contributed by atoms with E-state index in [9.17, 15) is 33.5 Å². The molecule has 224 valence electrons. The smallest absolute Gasteiger partial charge is 0.423 e. The van der Waals surface area contributed by atoms with Crippen molar-refractivity contribution in [3.05, 3.63) is 82.6 Å². The second kappa shape index (κ2) is 9.72. The highest BCUT2D eigenvalue weighted by Crippen LogP contribution is 2.65. The average Bonchev–Trinajstić information content (AvgIpc) is 3.38. The number of benzene rings is 3. The van der Waals surface area contributed by atoms with E-state index >= 15 is 0 Å². The molecule has 2 aliphatic heterocycles. The topological polar surface area (TPSA) is 121 Å². The van der Waals surface area contributed by atoms with Crippen LogP contribution in [0.25, 0.3) is 10.8 Å². The highest BCUT2D eigenvalue weighted by atomic mass is 35.5. The first-order valence-corrected chi connectivity index (χ1v) is 14.6. The fourth-order valence-electron chi connectivity index (χ4n) is 8.05. The minimum atomic E-state index is -1.44. The predicted molar refractivity (Wildman–Crippen MR) is 156 cm³/mol. The number of likely N-dealkylation sites (tertiary alicyclic amines) is 1. The molecule has 3 aromatic rings. The van der Waals surface area contributed by atoms with Gasteiger partial charge in [-0.2, -0.15) is 4.90 Å². The average molecular weight is 617 g/mol. The van der Waals surface area contributed by atoms with Crippen LogP contribution in [0.1, 0.15) is 31.2 Å². The van der Waals surface area contributed by atoms with Crippen molar-refractivity contribution in [3.8, 4) is 5.75 Å². The number of carbonyl (C=O) groups is 5. The van der Waals surface area contributed by atoms with Crippen molar-refractivity contribution in [2.75, 3.05) is 12.0 Å². The number of allylic oxidation sites excluding steroid dienone is 2. The molecule has 5 amide bonds. The molecule has 3 aromatic carbocycles. The Kier molecular flexibility index (Phi) is 6.23. The number of phenolic OH excluding ortho intramolecular Hbond substituents is 1. The molecule has 2 saturated heterocycles. The van der Waals surface area contributed by atoms with Gasteiger partial charge in [0, 0.05) is 11.5 Å². The number of hydrogen-bond acceptors (Lipinski definition) is 7. The molecule has 11 heteroatoms. The number of amides is 5. The first kappa shape index (κ1) is 28.2. The number of anilines is 1. The number of imide groups is 4. The Morgan fingerprint density at radius 3 is 2.50 bits per heavy atom. The maximum Gasteiger partial charge on any atom is 0.423 e. The van der Waals surface area contributed by atoms with Gasteiger partial charge < -0.3 is 9.84 Å². The van der Waals surface area contributed by atoms with Crippen LogP contribution in [-0.4, -0.2) is 46.8 Å². The Balaban J connectivity index is 1.46. The Labute approximate surface area is 255 Å². The highest BCUT2D eigenvalue weighted by molar-refractivity contribution is 6.31. The molecule has 9 nitrogen and oxygen atoms in total. The van der Waals surface area contributed by atoms with Gasteiger partial charge in [0.25, 0.3) is 0 Å². The largest absolute Gasteiger partial charge is 0.508 e. The van der Waals surface area contributed by atoms with Gasteiger partial charge in [-0.05, 0) is 60.7 Å². The molecule has 7 rings (SSSR count). The zero-order valence-corrected chi connectivity index (χ0v) is 24.4. The van der Waals surface area contributed by atoms with Crippen LogP contribution in [0.5, 0.6) is 5.75 Å². The fraction of sp³-hybridized carbons (Fsp3) is 0.303. The van der Waals surface area contributed by atoms with E-state index in [1.54, 1.807) is 19.1 Å². The summed E-state index contributed by atoms with van der Waals surface area (Å²) in [6, 6.07) is 14.2. The summed E-state index contributed by atoms with van der Waals surface area (Å²) < 4.78 is 18.8. The Hall–Kier alpha value is -4.57. The molecule has 1 N–H and O–H groups in total. The highest BCUT2D eigenvalue weighted by Gasteiger charge is 2.68. The number of methoxy groups -OCH3 is 1. The number of halogens is 2. The van der Waals surface area contributed by atoms with Gasteiger partial charge in [-0.15, -0.1) is 0 Å². The van der Waals surface area contributed by atoms with Crippen molar-refractivity contribution in [2.24, 2.45) is 29.1 Å². The van der Waals surface area contributed by atoms with E-state index < -0.39 is 70.5 Å². The summed E-state index contributed by atoms with van der Waals surface area (Å²) in [6.45, 7) is 1.68. The van der Waals surface area contributed by atoms with E-state index in [1.807, 2.05) is 24.3 Å². The normalized spacial score (nSPS) is 29.5. The monoisotopic (exact) mass is 616 g/mol. The SMILES string of the molecule is COC(=O)N1C(=O)C2CC=C3C(CC4C(=O)N(c5ccc(F)c(Cl)c5)C(=O)C4(C)C3c3c(O)ccc4ccccc34)C2C1=O. The van der Waals surface area contributed by atoms with Crippen LogP contribution in [0.4, 0.5) is 14.9 Å². The van der Waals surface area contributed by atoms with E-state index in [1.165, 1.54) is 18.2 Å². The molecule has 0 spiro atoms. The van der Waals surface area contributed by atoms with Crippen molar-refractivity contribution >= 4 is 57.8 Å². The number of rotatable bonds is 2. The molecule has 0 bridgehead atoms. The van der Waals surface area contributed by atoms with Gasteiger partial charge in [-0.1, -0.05) is 53.6 Å². The molecule has 0 radical (unpaired) electrons. The van der Waals surface area contributed by atoms with Gasteiger partial charge in [0.15, 0.2) is 0 Å². The molecule has 2 heterocycles. The Bertz CT molecular complexity index is 1870. The van der Waals surface area contributed by atoms with E-state index in [2.05, 4.69) is 0 Å². The van der Waals surface area contributed by atoms with E-state index in [0.29, 0.717) is 21.4 Å². The van der Waals surface area contributed by atoms with Crippen molar-refractivity contribution in [3.63, 3.8) is 0 Å². The quantitative estimate of drug-likeness (QED) is 0.305. The minimum Gasteiger partial charge on any atom is -0.508 e. The summed E-state index contributed by atoms with van der Waals surface area (Å²) in [7, 11) is 1.08. The van der Waals surface area contributed by atoms with Crippen LogP contribution < -0.4 is 4.90 Å². The lowest BCUT2D eigenvalue weighted by atomic mass is 9.51. The summed E-state index contributed by atoms with van der Waals surface area (Å²) in [5.74, 6) is -7.69. The van der Waals surface area contributed by atoms with Gasteiger partial charge in [0.1, 0.15) is 11.6 Å². The van der Waals surface area contributed by atoms with Crippen molar-refractivity contribution < 1.29 is 38.2 Å². The first-order chi connectivity index (χ1) is 21.0. The number of nitrogens with zero attached hydrogens (tertiary/aromatic N) is 2. The van der Waals surface area contributed by atoms with Gasteiger partial charge in [-0.3, -0.25) is 19.2 Å². The number of carbonyl (C=O) groups excluding carboxylic acids is 5. The van der Waals surface area contributed by atoms with Gasteiger partial charge in [0.2, 0.25) is 23.6 Å². The van der Waals surface area contributed by atoms with Crippen molar-refractivity contribution in [1.29, 1.82) is 0 Å². The number of phenols is 1. The Morgan fingerprint density at radius 2 is 1.77 bits per heavy atom. The molecule has 1 saturated carbocycles. The number of hydrogen-bond donors (Lipinski definition) is 1. The van der Waals surface area contributed by atoms with Crippen LogP contribution >= 0.6 is 11.6 Å². The molecule has 4 aliphatic rings. The zero-order chi connectivity index (χ0) is 31.2. The lowest BCUT2D eigenvalue weighted by Crippen LogP contribution is -2.49. The fourth-order valence-corrected chi connectivity index (χ4v) is 8.23. The molecule has 44 heavy (non-hydrogen) atoms. The molecule has 6 unspecified atom stereocenters. The molecule has 3 fully saturated rings. The maximum atomic E-state index is 14.6. The minimum absolute atomic E-state index is 0.0373. The molecule has 6 atom stereocenters. The first-order valence-electron chi connectivity index (χ1n) is 14.2. The van der Waals surface area contributed by atoms with E-state index in [-0.39, 0.29) is 29.3 Å². The number of aromatic hydroxyl groups is 1. The van der Waals surface area contributed by atoms with Gasteiger partial charge in [-0.25, -0.2) is 14.1 Å². The molecular weight excluding hydrogens is 591 g/mol. The van der Waals surface area contributed by atoms with Crippen LogP contribution in [0.15, 0.2) is 66.2 Å². The van der Waals surface area contributed by atoms with Crippen LogP contribution in [0.2, 0.25) is 5.02 Å². The third-order valence-electron chi connectivity index (χ3n) is 10.0. The lowest BCUT2D eigenvalue weighted by Gasteiger charge is -2.49. The van der Waals surface area contributed by atoms with E-state index in [4.69, 9.17) is 16.3 Å². The van der Waals surface area contributed by atoms with Gasteiger partial charge in [0.05, 0.1) is 41.0 Å². The number of ether oxygens (including phenoxy) is 1. The Morgan fingerprint density at radius 1 is 1.02 bits per heavy atom. The van der Waals surface area contributed by atoms with E-state index in [0.717, 1.165) is 23.5 Å².